The first-order valence-electron chi connectivity index (χ1n) is 7.58. The van der Waals surface area contributed by atoms with Crippen LogP contribution in [0.15, 0.2) is 0 Å². The molecule has 20 heavy (non-hydrogen) atoms. The summed E-state index contributed by atoms with van der Waals surface area (Å²) in [4.78, 5) is 13.7. The second kappa shape index (κ2) is 7.98. The van der Waals surface area contributed by atoms with E-state index in [1.54, 1.807) is 0 Å². The minimum absolute atomic E-state index is 0.165. The summed E-state index contributed by atoms with van der Waals surface area (Å²) in [6, 6.07) is 0.230. The van der Waals surface area contributed by atoms with Crippen molar-refractivity contribution in [2.75, 3.05) is 25.9 Å². The lowest BCUT2D eigenvalue weighted by atomic mass is 9.95. The van der Waals surface area contributed by atoms with Crippen LogP contribution in [0.5, 0.6) is 0 Å². The smallest absolute Gasteiger partial charge is 0.223 e. The van der Waals surface area contributed by atoms with E-state index < -0.39 is 9.84 Å². The van der Waals surface area contributed by atoms with Crippen molar-refractivity contribution in [3.8, 4) is 0 Å². The Balaban J connectivity index is 2.33. The van der Waals surface area contributed by atoms with E-state index >= 15 is 0 Å². The summed E-state index contributed by atoms with van der Waals surface area (Å²) < 4.78 is 23.2. The van der Waals surface area contributed by atoms with Gasteiger partial charge in [-0.15, -0.1) is 0 Å². The monoisotopic (exact) mass is 304 g/mol. The molecule has 0 bridgehead atoms. The number of carbonyl (C=O) groups is 1. The van der Waals surface area contributed by atoms with E-state index in [4.69, 9.17) is 0 Å². The number of hydrogen-bond acceptors (Lipinski definition) is 4. The molecule has 0 aromatic rings. The molecule has 1 aliphatic carbocycles. The van der Waals surface area contributed by atoms with Gasteiger partial charge in [-0.2, -0.15) is 0 Å². The third kappa shape index (κ3) is 5.40. The van der Waals surface area contributed by atoms with Crippen LogP contribution < -0.4 is 5.32 Å². The average Bonchev–Trinajstić information content (AvgIpc) is 2.39. The molecule has 0 spiro atoms. The Labute approximate surface area is 123 Å². The van der Waals surface area contributed by atoms with Crippen molar-refractivity contribution in [1.82, 2.24) is 10.2 Å². The molecule has 1 aliphatic rings. The van der Waals surface area contributed by atoms with E-state index in [2.05, 4.69) is 5.32 Å². The number of nitrogens with one attached hydrogen (secondary N) is 1. The number of rotatable bonds is 7. The lowest BCUT2D eigenvalue weighted by molar-refractivity contribution is -0.130. The highest BCUT2D eigenvalue weighted by Gasteiger charge is 2.28. The van der Waals surface area contributed by atoms with E-state index in [0.29, 0.717) is 19.4 Å². The van der Waals surface area contributed by atoms with Gasteiger partial charge in [-0.3, -0.25) is 4.79 Å². The average molecular weight is 304 g/mol. The lowest BCUT2D eigenvalue weighted by Crippen LogP contribution is -2.40. The van der Waals surface area contributed by atoms with Gasteiger partial charge in [-0.05, 0) is 33.1 Å². The first-order chi connectivity index (χ1) is 9.38. The van der Waals surface area contributed by atoms with Crippen molar-refractivity contribution in [3.63, 3.8) is 0 Å². The van der Waals surface area contributed by atoms with Gasteiger partial charge >= 0.3 is 0 Å². The van der Waals surface area contributed by atoms with Crippen LogP contribution in [0, 0.1) is 0 Å². The zero-order valence-electron chi connectivity index (χ0n) is 12.9. The van der Waals surface area contributed by atoms with Crippen LogP contribution in [-0.2, 0) is 14.6 Å². The van der Waals surface area contributed by atoms with E-state index in [1.807, 2.05) is 18.7 Å². The zero-order valence-corrected chi connectivity index (χ0v) is 13.7. The first-order valence-corrected chi connectivity index (χ1v) is 9.54. The van der Waals surface area contributed by atoms with E-state index in [-0.39, 0.29) is 17.2 Å². The van der Waals surface area contributed by atoms with Crippen LogP contribution in [0.3, 0.4) is 0 Å². The second-order valence-electron chi connectivity index (χ2n) is 5.59. The maximum atomic E-state index is 11.9. The molecule has 0 radical (unpaired) electrons. The van der Waals surface area contributed by atoms with Gasteiger partial charge in [0.1, 0.15) is 9.84 Å². The fourth-order valence-corrected chi connectivity index (χ4v) is 4.01. The number of amides is 1. The quantitative estimate of drug-likeness (QED) is 0.767. The largest absolute Gasteiger partial charge is 0.343 e. The van der Waals surface area contributed by atoms with Crippen molar-refractivity contribution in [2.45, 2.75) is 57.2 Å². The molecule has 0 saturated heterocycles. The van der Waals surface area contributed by atoms with Gasteiger partial charge in [0, 0.05) is 38.4 Å². The molecule has 0 heterocycles. The van der Waals surface area contributed by atoms with Crippen LogP contribution in [0.4, 0.5) is 0 Å². The molecule has 1 N–H and O–H groups in total. The highest BCUT2D eigenvalue weighted by atomic mass is 32.2. The van der Waals surface area contributed by atoms with Gasteiger partial charge in [0.15, 0.2) is 0 Å². The minimum atomic E-state index is -2.94. The van der Waals surface area contributed by atoms with Gasteiger partial charge in [0.2, 0.25) is 5.91 Å². The van der Waals surface area contributed by atoms with Crippen LogP contribution >= 0.6 is 0 Å². The summed E-state index contributed by atoms with van der Waals surface area (Å²) in [7, 11) is -2.94. The molecule has 1 amide bonds. The lowest BCUT2D eigenvalue weighted by Gasteiger charge is -2.29. The summed E-state index contributed by atoms with van der Waals surface area (Å²) >= 11 is 0. The van der Waals surface area contributed by atoms with Crippen molar-refractivity contribution < 1.29 is 13.2 Å². The maximum absolute atomic E-state index is 11.9. The predicted molar refractivity (Wildman–Crippen MR) is 81.4 cm³/mol. The SMILES string of the molecule is CCN(CC)C(=O)CCNC1CCCC(S(C)(=O)=O)C1. The summed E-state index contributed by atoms with van der Waals surface area (Å²) in [5.74, 6) is 0.165. The number of nitrogens with zero attached hydrogens (tertiary/aromatic N) is 1. The van der Waals surface area contributed by atoms with Crippen molar-refractivity contribution in [1.29, 1.82) is 0 Å². The molecule has 0 aromatic heterocycles. The Hall–Kier alpha value is -0.620. The van der Waals surface area contributed by atoms with E-state index in [9.17, 15) is 13.2 Å². The van der Waals surface area contributed by atoms with Crippen LogP contribution in [0.2, 0.25) is 0 Å². The van der Waals surface area contributed by atoms with Gasteiger partial charge in [-0.1, -0.05) is 6.42 Å². The molecule has 1 rings (SSSR count). The topological polar surface area (TPSA) is 66.5 Å². The van der Waals surface area contributed by atoms with E-state index in [0.717, 1.165) is 32.4 Å². The molecule has 1 fully saturated rings. The second-order valence-corrected chi connectivity index (χ2v) is 7.91. The zero-order chi connectivity index (χ0) is 15.2. The van der Waals surface area contributed by atoms with Gasteiger partial charge < -0.3 is 10.2 Å². The van der Waals surface area contributed by atoms with Gasteiger partial charge in [-0.25, -0.2) is 8.42 Å². The van der Waals surface area contributed by atoms with Gasteiger partial charge in [0.05, 0.1) is 5.25 Å². The molecular formula is C14H28N2O3S. The molecule has 118 valence electrons. The van der Waals surface area contributed by atoms with Crippen LogP contribution in [-0.4, -0.2) is 56.4 Å². The summed E-state index contributed by atoms with van der Waals surface area (Å²) in [6.45, 7) is 6.08. The van der Waals surface area contributed by atoms with E-state index in [1.165, 1.54) is 6.26 Å². The molecule has 0 aliphatic heterocycles. The Bertz CT molecular complexity index is 405. The van der Waals surface area contributed by atoms with Gasteiger partial charge in [0.25, 0.3) is 0 Å². The number of carbonyl (C=O) groups excluding carboxylic acids is 1. The highest BCUT2D eigenvalue weighted by Crippen LogP contribution is 2.23. The molecule has 2 unspecified atom stereocenters. The number of hydrogen-bond donors (Lipinski definition) is 1. The Morgan fingerprint density at radius 2 is 1.90 bits per heavy atom. The third-order valence-corrected chi connectivity index (χ3v) is 5.76. The van der Waals surface area contributed by atoms with Crippen molar-refractivity contribution in [3.05, 3.63) is 0 Å². The summed E-state index contributed by atoms with van der Waals surface area (Å²) in [5, 5.41) is 3.13. The fraction of sp³-hybridized carbons (Fsp3) is 0.929. The summed E-state index contributed by atoms with van der Waals surface area (Å²) in [5.41, 5.74) is 0. The Morgan fingerprint density at radius 3 is 2.45 bits per heavy atom. The normalized spacial score (nSPS) is 23.6. The Kier molecular flexibility index (Phi) is 6.95. The standard InChI is InChI=1S/C14H28N2O3S/c1-4-16(5-2)14(17)9-10-15-12-7-6-8-13(11-12)20(3,18)19/h12-13,15H,4-11H2,1-3H3. The predicted octanol–water partition coefficient (Wildman–Crippen LogP) is 1.19. The minimum Gasteiger partial charge on any atom is -0.343 e. The van der Waals surface area contributed by atoms with Crippen LogP contribution in [0.1, 0.15) is 46.0 Å². The summed E-state index contributed by atoms with van der Waals surface area (Å²) in [6.07, 6.45) is 5.21. The third-order valence-electron chi connectivity index (χ3n) is 4.12. The maximum Gasteiger partial charge on any atom is 0.223 e. The Morgan fingerprint density at radius 1 is 1.25 bits per heavy atom. The molecule has 0 aromatic carbocycles. The number of sulfone groups is 1. The fourth-order valence-electron chi connectivity index (χ4n) is 2.84. The van der Waals surface area contributed by atoms with Crippen molar-refractivity contribution >= 4 is 15.7 Å². The molecular weight excluding hydrogens is 276 g/mol. The van der Waals surface area contributed by atoms with Crippen LogP contribution in [0.25, 0.3) is 0 Å². The van der Waals surface area contributed by atoms with Crippen molar-refractivity contribution in [2.24, 2.45) is 0 Å². The first kappa shape index (κ1) is 17.4. The molecule has 2 atom stereocenters. The molecule has 1 saturated carbocycles. The highest BCUT2D eigenvalue weighted by molar-refractivity contribution is 7.91. The molecule has 5 nitrogen and oxygen atoms in total. The molecule has 6 heteroatoms.